The van der Waals surface area contributed by atoms with E-state index in [0.717, 1.165) is 12.8 Å². The molecule has 0 N–H and O–H groups in total. The standard InChI is InChI=1S/C10H14/c1-3-9(2)10-7-5-4-6-8-10/h5-8H,3-4H2,1-2H3. The van der Waals surface area contributed by atoms with Crippen molar-refractivity contribution in [3.8, 4) is 0 Å². The van der Waals surface area contributed by atoms with Crippen LogP contribution in [0.25, 0.3) is 0 Å². The van der Waals surface area contributed by atoms with Gasteiger partial charge in [0.1, 0.15) is 0 Å². The van der Waals surface area contributed by atoms with Gasteiger partial charge in [0.25, 0.3) is 0 Å². The minimum Gasteiger partial charge on any atom is -0.0801 e. The van der Waals surface area contributed by atoms with Crippen molar-refractivity contribution in [3.05, 3.63) is 35.5 Å². The number of hydrogen-bond donors (Lipinski definition) is 0. The summed E-state index contributed by atoms with van der Waals surface area (Å²) >= 11 is 0. The molecule has 0 heteroatoms. The highest BCUT2D eigenvalue weighted by atomic mass is 14.0. The molecular formula is C10H14. The van der Waals surface area contributed by atoms with Gasteiger partial charge in [0.2, 0.25) is 0 Å². The first-order valence-corrected chi connectivity index (χ1v) is 3.87. The summed E-state index contributed by atoms with van der Waals surface area (Å²) in [6.45, 7) is 4.38. The van der Waals surface area contributed by atoms with Crippen LogP contribution in [-0.2, 0) is 0 Å². The largest absolute Gasteiger partial charge is 0.0801 e. The predicted molar refractivity (Wildman–Crippen MR) is 45.9 cm³/mol. The lowest BCUT2D eigenvalue weighted by atomic mass is 10.0. The molecule has 0 amide bonds. The lowest BCUT2D eigenvalue weighted by molar-refractivity contribution is 1.08. The molecule has 1 aliphatic rings. The van der Waals surface area contributed by atoms with Gasteiger partial charge in [0, 0.05) is 0 Å². The molecule has 0 radical (unpaired) electrons. The second-order valence-electron chi connectivity index (χ2n) is 2.63. The van der Waals surface area contributed by atoms with Crippen LogP contribution in [0.15, 0.2) is 35.5 Å². The summed E-state index contributed by atoms with van der Waals surface area (Å²) in [7, 11) is 0. The van der Waals surface area contributed by atoms with Gasteiger partial charge in [-0.3, -0.25) is 0 Å². The van der Waals surface area contributed by atoms with Gasteiger partial charge in [0.05, 0.1) is 0 Å². The fraction of sp³-hybridized carbons (Fsp3) is 0.400. The third-order valence-electron chi connectivity index (χ3n) is 1.89. The van der Waals surface area contributed by atoms with Crippen LogP contribution < -0.4 is 0 Å². The molecule has 0 spiro atoms. The third-order valence-corrected chi connectivity index (χ3v) is 1.89. The Labute approximate surface area is 62.9 Å². The third kappa shape index (κ3) is 1.60. The Kier molecular flexibility index (Phi) is 2.49. The van der Waals surface area contributed by atoms with Crippen LogP contribution in [0.3, 0.4) is 0 Å². The summed E-state index contributed by atoms with van der Waals surface area (Å²) in [5.74, 6) is 0. The average molecular weight is 134 g/mol. The van der Waals surface area contributed by atoms with Crippen molar-refractivity contribution in [2.45, 2.75) is 26.7 Å². The highest BCUT2D eigenvalue weighted by molar-refractivity contribution is 5.37. The molecule has 0 bridgehead atoms. The van der Waals surface area contributed by atoms with Gasteiger partial charge in [-0.2, -0.15) is 0 Å². The number of hydrogen-bond acceptors (Lipinski definition) is 0. The highest BCUT2D eigenvalue weighted by Crippen LogP contribution is 2.14. The quantitative estimate of drug-likeness (QED) is 0.516. The molecule has 1 aliphatic carbocycles. The van der Waals surface area contributed by atoms with Crippen molar-refractivity contribution in [2.75, 3.05) is 0 Å². The summed E-state index contributed by atoms with van der Waals surface area (Å²) < 4.78 is 0. The normalized spacial score (nSPS) is 16.0. The van der Waals surface area contributed by atoms with Crippen molar-refractivity contribution in [3.63, 3.8) is 0 Å². The van der Waals surface area contributed by atoms with E-state index in [9.17, 15) is 0 Å². The monoisotopic (exact) mass is 134 g/mol. The van der Waals surface area contributed by atoms with Crippen molar-refractivity contribution in [1.82, 2.24) is 0 Å². The van der Waals surface area contributed by atoms with Crippen LogP contribution in [0.1, 0.15) is 26.7 Å². The summed E-state index contributed by atoms with van der Waals surface area (Å²) in [6.07, 6.45) is 11.1. The van der Waals surface area contributed by atoms with Gasteiger partial charge in [-0.25, -0.2) is 0 Å². The summed E-state index contributed by atoms with van der Waals surface area (Å²) in [5, 5.41) is 0. The number of rotatable bonds is 1. The first-order chi connectivity index (χ1) is 4.84. The van der Waals surface area contributed by atoms with E-state index in [2.05, 4.69) is 38.2 Å². The van der Waals surface area contributed by atoms with Gasteiger partial charge in [-0.1, -0.05) is 36.8 Å². The van der Waals surface area contributed by atoms with Gasteiger partial charge in [-0.15, -0.1) is 0 Å². The molecular weight excluding hydrogens is 120 g/mol. The smallest absolute Gasteiger partial charge is 0.0163 e. The highest BCUT2D eigenvalue weighted by Gasteiger charge is 1.94. The molecule has 0 aromatic heterocycles. The van der Waals surface area contributed by atoms with E-state index < -0.39 is 0 Å². The van der Waals surface area contributed by atoms with E-state index in [0.29, 0.717) is 0 Å². The van der Waals surface area contributed by atoms with Crippen LogP contribution in [0.5, 0.6) is 0 Å². The molecule has 0 nitrogen and oxygen atoms in total. The van der Waals surface area contributed by atoms with Crippen molar-refractivity contribution in [1.29, 1.82) is 0 Å². The molecule has 0 fully saturated rings. The Morgan fingerprint density at radius 1 is 1.40 bits per heavy atom. The maximum Gasteiger partial charge on any atom is -0.0163 e. The first kappa shape index (κ1) is 7.33. The van der Waals surface area contributed by atoms with Gasteiger partial charge >= 0.3 is 0 Å². The van der Waals surface area contributed by atoms with Crippen LogP contribution in [0, 0.1) is 0 Å². The Morgan fingerprint density at radius 2 is 2.00 bits per heavy atom. The zero-order valence-corrected chi connectivity index (χ0v) is 6.72. The fourth-order valence-electron chi connectivity index (χ4n) is 1.01. The molecule has 10 heavy (non-hydrogen) atoms. The van der Waals surface area contributed by atoms with E-state index in [1.165, 1.54) is 11.1 Å². The SMILES string of the molecule is CCC(C)=C1C=CCC=C1. The first-order valence-electron chi connectivity index (χ1n) is 3.87. The summed E-state index contributed by atoms with van der Waals surface area (Å²) in [6, 6.07) is 0. The molecule has 1 rings (SSSR count). The van der Waals surface area contributed by atoms with Gasteiger partial charge in [0.15, 0.2) is 0 Å². The van der Waals surface area contributed by atoms with Crippen LogP contribution in [0.2, 0.25) is 0 Å². The topological polar surface area (TPSA) is 0 Å². The Morgan fingerprint density at radius 3 is 2.50 bits per heavy atom. The minimum absolute atomic E-state index is 1.10. The maximum atomic E-state index is 2.21. The van der Waals surface area contributed by atoms with Crippen LogP contribution in [-0.4, -0.2) is 0 Å². The van der Waals surface area contributed by atoms with Crippen LogP contribution in [0.4, 0.5) is 0 Å². The molecule has 0 aromatic rings. The van der Waals surface area contributed by atoms with Gasteiger partial charge in [-0.05, 0) is 25.3 Å². The minimum atomic E-state index is 1.10. The van der Waals surface area contributed by atoms with Crippen molar-refractivity contribution < 1.29 is 0 Å². The number of allylic oxidation sites excluding steroid dienone is 6. The van der Waals surface area contributed by atoms with Crippen LogP contribution >= 0.6 is 0 Å². The fourth-order valence-corrected chi connectivity index (χ4v) is 1.01. The molecule has 0 unspecified atom stereocenters. The lowest BCUT2D eigenvalue weighted by Crippen LogP contribution is -1.83. The molecule has 0 saturated carbocycles. The van der Waals surface area contributed by atoms with E-state index in [-0.39, 0.29) is 0 Å². The van der Waals surface area contributed by atoms with E-state index in [1.54, 1.807) is 0 Å². The Bertz CT molecular complexity index is 178. The molecule has 0 aliphatic heterocycles. The Hall–Kier alpha value is -0.780. The molecule has 0 atom stereocenters. The molecule has 54 valence electrons. The van der Waals surface area contributed by atoms with E-state index in [4.69, 9.17) is 0 Å². The summed E-state index contributed by atoms with van der Waals surface area (Å²) in [5.41, 5.74) is 2.88. The average Bonchev–Trinajstić information content (AvgIpc) is 2.05. The van der Waals surface area contributed by atoms with Gasteiger partial charge < -0.3 is 0 Å². The zero-order chi connectivity index (χ0) is 7.40. The Balaban J connectivity index is 2.79. The van der Waals surface area contributed by atoms with Crippen molar-refractivity contribution in [2.24, 2.45) is 0 Å². The molecule has 0 heterocycles. The van der Waals surface area contributed by atoms with E-state index >= 15 is 0 Å². The summed E-state index contributed by atoms with van der Waals surface area (Å²) in [4.78, 5) is 0. The second kappa shape index (κ2) is 3.40. The van der Waals surface area contributed by atoms with E-state index in [1.807, 2.05) is 0 Å². The second-order valence-corrected chi connectivity index (χ2v) is 2.63. The molecule has 0 aromatic carbocycles. The zero-order valence-electron chi connectivity index (χ0n) is 6.72. The predicted octanol–water partition coefficient (Wildman–Crippen LogP) is 3.23. The maximum absolute atomic E-state index is 2.21. The van der Waals surface area contributed by atoms with Crippen molar-refractivity contribution >= 4 is 0 Å². The molecule has 0 saturated heterocycles. The lowest BCUT2D eigenvalue weighted by Gasteiger charge is -2.03.